The topological polar surface area (TPSA) is 254 Å². The monoisotopic (exact) mass is 525 g/mol. The molecule has 0 aliphatic carbocycles. The van der Waals surface area contributed by atoms with Gasteiger partial charge in [-0.3, -0.25) is 19.2 Å². The van der Waals surface area contributed by atoms with Crippen molar-refractivity contribution in [1.82, 2.24) is 16.0 Å². The summed E-state index contributed by atoms with van der Waals surface area (Å²) in [5, 5.41) is 44.3. The number of benzene rings is 1. The van der Waals surface area contributed by atoms with Gasteiger partial charge in [0.15, 0.2) is 0 Å². The molecule has 4 atom stereocenters. The highest BCUT2D eigenvalue weighted by Crippen LogP contribution is 2.12. The molecule has 0 saturated heterocycles. The zero-order chi connectivity index (χ0) is 28.0. The Balaban J connectivity index is 2.87. The van der Waals surface area contributed by atoms with Gasteiger partial charge in [0.05, 0.1) is 12.6 Å². The molecular weight excluding hydrogens is 490 g/mol. The minimum absolute atomic E-state index is 0.0151. The summed E-state index contributed by atoms with van der Waals surface area (Å²) in [5.74, 6) is -5.06. The average molecular weight is 526 g/mol. The Hall–Kier alpha value is -3.75. The van der Waals surface area contributed by atoms with Crippen molar-refractivity contribution in [3.63, 3.8) is 0 Å². The Morgan fingerprint density at radius 1 is 0.811 bits per heavy atom. The summed E-state index contributed by atoms with van der Waals surface area (Å²) in [6.45, 7) is -0.523. The molecule has 1 aromatic carbocycles. The molecule has 0 bridgehead atoms. The third kappa shape index (κ3) is 11.7. The fourth-order valence-corrected chi connectivity index (χ4v) is 3.26. The molecule has 14 heteroatoms. The third-order valence-corrected chi connectivity index (χ3v) is 5.39. The number of carboxylic acid groups (broad SMARTS) is 2. The second-order valence-corrected chi connectivity index (χ2v) is 8.40. The van der Waals surface area contributed by atoms with Crippen molar-refractivity contribution in [3.8, 4) is 5.75 Å². The van der Waals surface area contributed by atoms with E-state index in [0.717, 1.165) is 0 Å². The van der Waals surface area contributed by atoms with Crippen LogP contribution < -0.4 is 27.4 Å². The van der Waals surface area contributed by atoms with Crippen LogP contribution in [-0.4, -0.2) is 87.4 Å². The quantitative estimate of drug-likeness (QED) is 0.0985. The highest BCUT2D eigenvalue weighted by atomic mass is 16.4. The van der Waals surface area contributed by atoms with E-state index in [1.54, 1.807) is 0 Å². The number of amides is 3. The number of carboxylic acids is 2. The van der Waals surface area contributed by atoms with Crippen LogP contribution >= 0.6 is 0 Å². The first-order valence-electron chi connectivity index (χ1n) is 11.7. The van der Waals surface area contributed by atoms with E-state index in [-0.39, 0.29) is 31.4 Å². The molecule has 0 aliphatic rings. The Morgan fingerprint density at radius 2 is 1.38 bits per heavy atom. The second-order valence-electron chi connectivity index (χ2n) is 8.40. The fraction of sp³-hybridized carbons (Fsp3) is 0.522. The van der Waals surface area contributed by atoms with E-state index in [1.165, 1.54) is 24.3 Å². The number of nitrogens with one attached hydrogen (secondary N) is 3. The van der Waals surface area contributed by atoms with E-state index in [4.69, 9.17) is 16.6 Å². The van der Waals surface area contributed by atoms with Crippen molar-refractivity contribution in [2.75, 3.05) is 13.2 Å². The predicted octanol–water partition coefficient (Wildman–Crippen LogP) is -2.21. The number of hydrogen-bond donors (Lipinski definition) is 9. The van der Waals surface area contributed by atoms with Gasteiger partial charge in [-0.05, 0) is 49.9 Å². The van der Waals surface area contributed by atoms with E-state index in [9.17, 15) is 39.3 Å². The number of carbonyl (C=O) groups is 5. The number of nitrogens with two attached hydrogens (primary N) is 2. The van der Waals surface area contributed by atoms with Crippen molar-refractivity contribution in [2.45, 2.75) is 62.7 Å². The number of phenols is 1. The number of aromatic hydroxyl groups is 1. The van der Waals surface area contributed by atoms with Crippen molar-refractivity contribution >= 4 is 29.7 Å². The number of phenolic OH excluding ortho intramolecular Hbond substituents is 1. The van der Waals surface area contributed by atoms with Gasteiger partial charge in [0, 0.05) is 12.8 Å². The Morgan fingerprint density at radius 3 is 1.92 bits per heavy atom. The molecule has 0 saturated carbocycles. The average Bonchev–Trinajstić information content (AvgIpc) is 2.85. The number of carbonyl (C=O) groups excluding carboxylic acids is 3. The van der Waals surface area contributed by atoms with Crippen LogP contribution in [0.25, 0.3) is 0 Å². The lowest BCUT2D eigenvalue weighted by atomic mass is 10.0. The number of rotatable bonds is 17. The van der Waals surface area contributed by atoms with Crippen molar-refractivity contribution in [2.24, 2.45) is 11.5 Å². The molecule has 1 aromatic rings. The normalized spacial score (nSPS) is 14.0. The highest BCUT2D eigenvalue weighted by molar-refractivity contribution is 5.94. The molecule has 0 fully saturated rings. The van der Waals surface area contributed by atoms with E-state index in [2.05, 4.69) is 16.0 Å². The minimum Gasteiger partial charge on any atom is -0.508 e. The first kappa shape index (κ1) is 31.3. The maximum Gasteiger partial charge on any atom is 0.326 e. The number of aliphatic hydroxyl groups is 1. The summed E-state index contributed by atoms with van der Waals surface area (Å²) in [7, 11) is 0. The number of unbranched alkanes of at least 4 members (excludes halogenated alkanes) is 1. The van der Waals surface area contributed by atoms with Crippen LogP contribution in [0, 0.1) is 0 Å². The van der Waals surface area contributed by atoms with Gasteiger partial charge in [0.2, 0.25) is 17.7 Å². The maximum absolute atomic E-state index is 12.9. The second kappa shape index (κ2) is 16.1. The fourth-order valence-electron chi connectivity index (χ4n) is 3.26. The Kier molecular flexibility index (Phi) is 13.6. The van der Waals surface area contributed by atoms with E-state index in [0.29, 0.717) is 24.9 Å². The van der Waals surface area contributed by atoms with Gasteiger partial charge in [-0.2, -0.15) is 0 Å². The first-order valence-corrected chi connectivity index (χ1v) is 11.7. The van der Waals surface area contributed by atoms with Crippen LogP contribution in [0.2, 0.25) is 0 Å². The van der Waals surface area contributed by atoms with Gasteiger partial charge in [-0.25, -0.2) is 4.79 Å². The summed E-state index contributed by atoms with van der Waals surface area (Å²) in [4.78, 5) is 60.2. The van der Waals surface area contributed by atoms with Crippen molar-refractivity contribution in [1.29, 1.82) is 0 Å². The number of hydrogen-bond acceptors (Lipinski definition) is 9. The lowest BCUT2D eigenvalue weighted by Gasteiger charge is -2.24. The van der Waals surface area contributed by atoms with Crippen LogP contribution in [0.15, 0.2) is 24.3 Å². The molecule has 11 N–H and O–H groups in total. The highest BCUT2D eigenvalue weighted by Gasteiger charge is 2.30. The van der Waals surface area contributed by atoms with Crippen LogP contribution in [0.4, 0.5) is 0 Å². The van der Waals surface area contributed by atoms with Crippen LogP contribution in [-0.2, 0) is 30.4 Å². The zero-order valence-corrected chi connectivity index (χ0v) is 20.3. The molecule has 14 nitrogen and oxygen atoms in total. The molecular formula is C23H35N5O9. The molecule has 0 heterocycles. The van der Waals surface area contributed by atoms with Gasteiger partial charge in [-0.1, -0.05) is 12.1 Å². The summed E-state index contributed by atoms with van der Waals surface area (Å²) in [6, 6.07) is 0.424. The predicted molar refractivity (Wildman–Crippen MR) is 130 cm³/mol. The van der Waals surface area contributed by atoms with Gasteiger partial charge < -0.3 is 47.8 Å². The number of aliphatic hydroxyl groups excluding tert-OH is 1. The minimum atomic E-state index is -1.52. The van der Waals surface area contributed by atoms with Gasteiger partial charge in [0.25, 0.3) is 0 Å². The summed E-state index contributed by atoms with van der Waals surface area (Å²) >= 11 is 0. The molecule has 0 aromatic heterocycles. The lowest BCUT2D eigenvalue weighted by Crippen LogP contribution is -2.58. The molecule has 0 aliphatic heterocycles. The smallest absolute Gasteiger partial charge is 0.326 e. The summed E-state index contributed by atoms with van der Waals surface area (Å²) in [6.07, 6.45) is 0.464. The maximum atomic E-state index is 12.9. The molecule has 206 valence electrons. The Labute approximate surface area is 213 Å². The van der Waals surface area contributed by atoms with E-state index >= 15 is 0 Å². The van der Waals surface area contributed by atoms with Crippen molar-refractivity contribution < 1.29 is 44.4 Å². The van der Waals surface area contributed by atoms with Crippen LogP contribution in [0.5, 0.6) is 5.75 Å². The lowest BCUT2D eigenvalue weighted by molar-refractivity contribution is -0.142. The standard InChI is InChI=1S/C23H35N5O9/c24-10-2-1-3-16(26-20(33)15(25)8-9-19(31)32)21(34)28-18(12-29)22(35)27-17(23(36)37)11-13-4-6-14(30)7-5-13/h4-7,15-18,29-30H,1-3,8-12,24-25H2,(H,26,33)(H,27,35)(H,28,34)(H,31,32)(H,36,37). The van der Waals surface area contributed by atoms with Gasteiger partial charge in [-0.15, -0.1) is 0 Å². The summed E-state index contributed by atoms with van der Waals surface area (Å²) in [5.41, 5.74) is 11.7. The number of aliphatic carboxylic acids is 2. The van der Waals surface area contributed by atoms with Crippen LogP contribution in [0.1, 0.15) is 37.7 Å². The molecule has 1 rings (SSSR count). The molecule has 4 unspecified atom stereocenters. The van der Waals surface area contributed by atoms with Gasteiger partial charge in [0.1, 0.15) is 23.9 Å². The van der Waals surface area contributed by atoms with E-state index in [1.807, 2.05) is 0 Å². The van der Waals surface area contributed by atoms with Crippen LogP contribution in [0.3, 0.4) is 0 Å². The molecule has 0 radical (unpaired) electrons. The zero-order valence-electron chi connectivity index (χ0n) is 20.3. The largest absolute Gasteiger partial charge is 0.508 e. The first-order chi connectivity index (χ1) is 17.5. The Bertz CT molecular complexity index is 926. The van der Waals surface area contributed by atoms with E-state index < -0.39 is 60.4 Å². The summed E-state index contributed by atoms with van der Waals surface area (Å²) < 4.78 is 0. The molecule has 0 spiro atoms. The SMILES string of the molecule is NCCCCC(NC(=O)C(N)CCC(=O)O)C(=O)NC(CO)C(=O)NC(Cc1ccc(O)cc1)C(=O)O. The third-order valence-electron chi connectivity index (χ3n) is 5.39. The van der Waals surface area contributed by atoms with Crippen molar-refractivity contribution in [3.05, 3.63) is 29.8 Å². The molecule has 3 amide bonds. The van der Waals surface area contributed by atoms with Gasteiger partial charge >= 0.3 is 11.9 Å². The molecule has 37 heavy (non-hydrogen) atoms.